The minimum absolute atomic E-state index is 0.129. The van der Waals surface area contributed by atoms with Crippen LogP contribution in [0.1, 0.15) is 34.5 Å². The van der Waals surface area contributed by atoms with E-state index in [1.807, 2.05) is 6.92 Å². The summed E-state index contributed by atoms with van der Waals surface area (Å²) in [6, 6.07) is 10.6. The molecule has 110 valence electrons. The van der Waals surface area contributed by atoms with Gasteiger partial charge in [-0.05, 0) is 42.3 Å². The molecule has 0 saturated heterocycles. The van der Waals surface area contributed by atoms with Crippen LogP contribution in [0.3, 0.4) is 0 Å². The lowest BCUT2D eigenvalue weighted by Gasteiger charge is -2.14. The Hall–Kier alpha value is -2.27. The fourth-order valence-corrected chi connectivity index (χ4v) is 1.96. The number of carbonyl (C=O) groups excluding carboxylic acids is 1. The summed E-state index contributed by atoms with van der Waals surface area (Å²) in [6.07, 6.45) is 0. The van der Waals surface area contributed by atoms with E-state index >= 15 is 0 Å². The molecular formula is C16H16F2N2O. The molecule has 0 spiro atoms. The predicted molar refractivity (Wildman–Crippen MR) is 76.6 cm³/mol. The summed E-state index contributed by atoms with van der Waals surface area (Å²) < 4.78 is 26.1. The quantitative estimate of drug-likeness (QED) is 0.889. The Balaban J connectivity index is 1.98. The van der Waals surface area contributed by atoms with Gasteiger partial charge in [0.05, 0.1) is 0 Å². The van der Waals surface area contributed by atoms with Gasteiger partial charge in [0.25, 0.3) is 0 Å². The molecule has 0 heterocycles. The van der Waals surface area contributed by atoms with Crippen LogP contribution in [0.4, 0.5) is 8.78 Å². The van der Waals surface area contributed by atoms with Gasteiger partial charge in [0.15, 0.2) is 11.6 Å². The van der Waals surface area contributed by atoms with Crippen molar-refractivity contribution in [3.63, 3.8) is 0 Å². The van der Waals surface area contributed by atoms with Crippen molar-refractivity contribution >= 4 is 5.91 Å². The third kappa shape index (κ3) is 3.86. The lowest BCUT2D eigenvalue weighted by atomic mass is 10.1. The van der Waals surface area contributed by atoms with Crippen molar-refractivity contribution in [3.05, 3.63) is 70.8 Å². The van der Waals surface area contributed by atoms with Crippen LogP contribution in [0.15, 0.2) is 42.5 Å². The Morgan fingerprint density at radius 2 is 1.81 bits per heavy atom. The molecule has 2 rings (SSSR count). The molecule has 21 heavy (non-hydrogen) atoms. The van der Waals surface area contributed by atoms with Crippen LogP contribution in [0, 0.1) is 11.6 Å². The van der Waals surface area contributed by atoms with Crippen molar-refractivity contribution in [1.29, 1.82) is 0 Å². The normalized spacial score (nSPS) is 12.1. The van der Waals surface area contributed by atoms with Crippen LogP contribution >= 0.6 is 0 Å². The molecule has 0 fully saturated rings. The molecule has 1 unspecified atom stereocenters. The van der Waals surface area contributed by atoms with Crippen LogP contribution < -0.4 is 11.1 Å². The topological polar surface area (TPSA) is 55.1 Å². The van der Waals surface area contributed by atoms with Gasteiger partial charge in [-0.25, -0.2) is 8.78 Å². The van der Waals surface area contributed by atoms with Crippen molar-refractivity contribution in [1.82, 2.24) is 5.32 Å². The van der Waals surface area contributed by atoms with Crippen molar-refractivity contribution in [3.8, 4) is 0 Å². The maximum absolute atomic E-state index is 13.2. The molecule has 0 radical (unpaired) electrons. The number of amides is 1. The second kappa shape index (κ2) is 6.45. The number of halogens is 2. The van der Waals surface area contributed by atoms with E-state index in [1.54, 1.807) is 30.3 Å². The summed E-state index contributed by atoms with van der Waals surface area (Å²) >= 11 is 0. The van der Waals surface area contributed by atoms with Gasteiger partial charge in [0.1, 0.15) is 0 Å². The number of hydrogen-bond donors (Lipinski definition) is 2. The van der Waals surface area contributed by atoms with E-state index in [9.17, 15) is 13.6 Å². The van der Waals surface area contributed by atoms with Crippen molar-refractivity contribution < 1.29 is 13.6 Å². The first-order valence-electron chi connectivity index (χ1n) is 6.54. The second-order valence-corrected chi connectivity index (χ2v) is 4.84. The van der Waals surface area contributed by atoms with Gasteiger partial charge >= 0.3 is 0 Å². The number of nitrogens with two attached hydrogens (primary N) is 1. The molecule has 5 heteroatoms. The van der Waals surface area contributed by atoms with Crippen molar-refractivity contribution in [2.45, 2.75) is 19.5 Å². The molecule has 0 bridgehead atoms. The van der Waals surface area contributed by atoms with Crippen molar-refractivity contribution in [2.75, 3.05) is 0 Å². The molecule has 0 aliphatic rings. The third-order valence-corrected chi connectivity index (χ3v) is 3.29. The smallest absolute Gasteiger partial charge is 0.248 e. The molecule has 2 aromatic rings. The van der Waals surface area contributed by atoms with Gasteiger partial charge in [0, 0.05) is 18.2 Å². The number of rotatable bonds is 5. The van der Waals surface area contributed by atoms with E-state index in [-0.39, 0.29) is 6.04 Å². The number of hydrogen-bond acceptors (Lipinski definition) is 2. The Kier molecular flexibility index (Phi) is 4.65. The van der Waals surface area contributed by atoms with Crippen LogP contribution in [-0.2, 0) is 6.54 Å². The number of nitrogens with one attached hydrogen (secondary N) is 1. The summed E-state index contributed by atoms with van der Waals surface area (Å²) in [6.45, 7) is 2.41. The highest BCUT2D eigenvalue weighted by atomic mass is 19.2. The first-order valence-corrected chi connectivity index (χ1v) is 6.54. The zero-order valence-corrected chi connectivity index (χ0v) is 11.6. The average molecular weight is 290 g/mol. The van der Waals surface area contributed by atoms with Crippen LogP contribution in [0.25, 0.3) is 0 Å². The molecule has 3 nitrogen and oxygen atoms in total. The van der Waals surface area contributed by atoms with Gasteiger partial charge < -0.3 is 11.1 Å². The first-order chi connectivity index (χ1) is 9.97. The van der Waals surface area contributed by atoms with Gasteiger partial charge in [0.2, 0.25) is 5.91 Å². The Morgan fingerprint density at radius 1 is 1.14 bits per heavy atom. The summed E-state index contributed by atoms with van der Waals surface area (Å²) in [5, 5.41) is 3.21. The van der Waals surface area contributed by atoms with Crippen LogP contribution in [-0.4, -0.2) is 5.91 Å². The number of primary amides is 1. The highest BCUT2D eigenvalue weighted by Crippen LogP contribution is 2.16. The first kappa shape index (κ1) is 15.1. The standard InChI is InChI=1S/C16H16F2N2O/c1-10(13-6-7-14(17)15(18)8-13)20-9-11-2-4-12(5-3-11)16(19)21/h2-8,10,20H,9H2,1H3,(H2,19,21). The fraction of sp³-hybridized carbons (Fsp3) is 0.188. The number of carbonyl (C=O) groups is 1. The van der Waals surface area contributed by atoms with Gasteiger partial charge in [-0.1, -0.05) is 18.2 Å². The Morgan fingerprint density at radius 3 is 2.38 bits per heavy atom. The average Bonchev–Trinajstić information content (AvgIpc) is 2.48. The molecule has 1 atom stereocenters. The number of benzene rings is 2. The Labute approximate surface area is 121 Å². The summed E-state index contributed by atoms with van der Waals surface area (Å²) in [5.41, 5.74) is 7.26. The van der Waals surface area contributed by atoms with Crippen LogP contribution in [0.2, 0.25) is 0 Å². The third-order valence-electron chi connectivity index (χ3n) is 3.29. The highest BCUT2D eigenvalue weighted by molar-refractivity contribution is 5.92. The van der Waals surface area contributed by atoms with Crippen LogP contribution in [0.5, 0.6) is 0 Å². The van der Waals surface area contributed by atoms with E-state index in [0.29, 0.717) is 17.7 Å². The molecule has 0 aliphatic heterocycles. The molecule has 3 N–H and O–H groups in total. The van der Waals surface area contributed by atoms with E-state index < -0.39 is 17.5 Å². The second-order valence-electron chi connectivity index (χ2n) is 4.84. The van der Waals surface area contributed by atoms with E-state index in [4.69, 9.17) is 5.73 Å². The largest absolute Gasteiger partial charge is 0.366 e. The maximum Gasteiger partial charge on any atom is 0.248 e. The lowest BCUT2D eigenvalue weighted by molar-refractivity contribution is 0.100. The van der Waals surface area contributed by atoms with Crippen molar-refractivity contribution in [2.24, 2.45) is 5.73 Å². The van der Waals surface area contributed by atoms with E-state index in [1.165, 1.54) is 6.07 Å². The lowest BCUT2D eigenvalue weighted by Crippen LogP contribution is -2.18. The molecule has 0 aliphatic carbocycles. The summed E-state index contributed by atoms with van der Waals surface area (Å²) in [4.78, 5) is 11.0. The maximum atomic E-state index is 13.2. The van der Waals surface area contributed by atoms with Gasteiger partial charge in [-0.3, -0.25) is 4.79 Å². The zero-order valence-electron chi connectivity index (χ0n) is 11.6. The fourth-order valence-electron chi connectivity index (χ4n) is 1.96. The zero-order chi connectivity index (χ0) is 15.4. The summed E-state index contributed by atoms with van der Waals surface area (Å²) in [5.74, 6) is -2.18. The van der Waals surface area contributed by atoms with Gasteiger partial charge in [-0.2, -0.15) is 0 Å². The Bertz CT molecular complexity index is 641. The molecule has 1 amide bonds. The minimum Gasteiger partial charge on any atom is -0.366 e. The molecule has 0 saturated carbocycles. The van der Waals surface area contributed by atoms with Gasteiger partial charge in [-0.15, -0.1) is 0 Å². The monoisotopic (exact) mass is 290 g/mol. The van der Waals surface area contributed by atoms with E-state index in [0.717, 1.165) is 11.6 Å². The summed E-state index contributed by atoms with van der Waals surface area (Å²) in [7, 11) is 0. The molecule has 0 aromatic heterocycles. The predicted octanol–water partition coefficient (Wildman–Crippen LogP) is 2.91. The molecule has 2 aromatic carbocycles. The molecular weight excluding hydrogens is 274 g/mol. The SMILES string of the molecule is CC(NCc1ccc(C(N)=O)cc1)c1ccc(F)c(F)c1. The minimum atomic E-state index is -0.855. The van der Waals surface area contributed by atoms with E-state index in [2.05, 4.69) is 5.32 Å². The highest BCUT2D eigenvalue weighted by Gasteiger charge is 2.09.